The van der Waals surface area contributed by atoms with Gasteiger partial charge in [-0.05, 0) is 21.0 Å². The molecular weight excluding hydrogens is 266 g/mol. The first-order chi connectivity index (χ1) is 10.2. The summed E-state index contributed by atoms with van der Waals surface area (Å²) in [4.78, 5) is 4.75. The lowest BCUT2D eigenvalue weighted by molar-refractivity contribution is 0.237. The fraction of sp³-hybridized carbons (Fsp3) is 0.643. The molecule has 3 heterocycles. The molecule has 0 aliphatic carbocycles. The largest absolute Gasteiger partial charge is 0.303 e. The minimum atomic E-state index is 0.351. The van der Waals surface area contributed by atoms with Crippen molar-refractivity contribution in [3.8, 4) is 0 Å². The highest BCUT2D eigenvalue weighted by Gasteiger charge is 2.35. The van der Waals surface area contributed by atoms with Gasteiger partial charge in [-0.2, -0.15) is 5.10 Å². The number of hydrogen-bond donors (Lipinski definition) is 0. The van der Waals surface area contributed by atoms with Crippen LogP contribution in [0.15, 0.2) is 24.8 Å². The molecule has 1 aliphatic heterocycles. The molecule has 0 bridgehead atoms. The van der Waals surface area contributed by atoms with Gasteiger partial charge in [-0.3, -0.25) is 9.58 Å². The lowest BCUT2D eigenvalue weighted by Gasteiger charge is -2.24. The van der Waals surface area contributed by atoms with Crippen LogP contribution < -0.4 is 0 Å². The first-order valence-corrected chi connectivity index (χ1v) is 7.43. The van der Waals surface area contributed by atoms with Crippen LogP contribution in [0.1, 0.15) is 18.5 Å². The van der Waals surface area contributed by atoms with Crippen molar-refractivity contribution in [2.24, 2.45) is 0 Å². The van der Waals surface area contributed by atoms with E-state index in [1.165, 1.54) is 5.56 Å². The van der Waals surface area contributed by atoms with Crippen LogP contribution in [0.3, 0.4) is 0 Å². The molecule has 3 rings (SSSR count). The van der Waals surface area contributed by atoms with Crippen molar-refractivity contribution >= 4 is 0 Å². The second-order valence-corrected chi connectivity index (χ2v) is 5.88. The Labute approximate surface area is 125 Å². The Morgan fingerprint density at radius 2 is 2.19 bits per heavy atom. The van der Waals surface area contributed by atoms with E-state index in [1.54, 1.807) is 6.20 Å². The van der Waals surface area contributed by atoms with Crippen LogP contribution >= 0.6 is 0 Å². The van der Waals surface area contributed by atoms with E-state index in [0.717, 1.165) is 26.2 Å². The molecule has 1 saturated heterocycles. The van der Waals surface area contributed by atoms with Gasteiger partial charge in [0.1, 0.15) is 0 Å². The van der Waals surface area contributed by atoms with E-state index in [-0.39, 0.29) is 0 Å². The van der Waals surface area contributed by atoms with Gasteiger partial charge >= 0.3 is 0 Å². The SMILES string of the molecule is CCn1cc(CN2C[C@@H](N(C)C)[C@@H](n3ccnn3)C2)cn1. The zero-order valence-electron chi connectivity index (χ0n) is 12.9. The maximum atomic E-state index is 4.35. The first-order valence-electron chi connectivity index (χ1n) is 7.43. The third-order valence-corrected chi connectivity index (χ3v) is 4.20. The van der Waals surface area contributed by atoms with Crippen molar-refractivity contribution in [2.45, 2.75) is 32.1 Å². The number of aryl methyl sites for hydroxylation is 1. The molecule has 114 valence electrons. The summed E-state index contributed by atoms with van der Waals surface area (Å²) >= 11 is 0. The third kappa shape index (κ3) is 2.98. The highest BCUT2D eigenvalue weighted by molar-refractivity contribution is 5.05. The van der Waals surface area contributed by atoms with Gasteiger partial charge in [0.2, 0.25) is 0 Å². The van der Waals surface area contributed by atoms with Gasteiger partial charge in [0, 0.05) is 50.2 Å². The molecule has 1 fully saturated rings. The van der Waals surface area contributed by atoms with Crippen molar-refractivity contribution in [1.82, 2.24) is 34.6 Å². The molecule has 2 aromatic rings. The van der Waals surface area contributed by atoms with Gasteiger partial charge in [0.05, 0.1) is 18.4 Å². The standard InChI is InChI=1S/C14H23N7/c1-4-20-9-12(7-16-20)8-19-10-13(18(2)3)14(11-19)21-6-5-15-17-21/h5-7,9,13-14H,4,8,10-11H2,1-3H3/t13-,14+/m1/s1. The minimum absolute atomic E-state index is 0.351. The monoisotopic (exact) mass is 289 g/mol. The summed E-state index contributed by atoms with van der Waals surface area (Å²) in [7, 11) is 4.26. The molecule has 0 spiro atoms. The number of rotatable bonds is 5. The van der Waals surface area contributed by atoms with Gasteiger partial charge in [-0.25, -0.2) is 4.68 Å². The summed E-state index contributed by atoms with van der Waals surface area (Å²) in [6, 6.07) is 0.802. The van der Waals surface area contributed by atoms with E-state index in [2.05, 4.69) is 52.4 Å². The Morgan fingerprint density at radius 1 is 1.33 bits per heavy atom. The van der Waals surface area contributed by atoms with Gasteiger partial charge in [0.15, 0.2) is 0 Å². The predicted octanol–water partition coefficient (Wildman–Crippen LogP) is 0.482. The maximum absolute atomic E-state index is 4.35. The van der Waals surface area contributed by atoms with Gasteiger partial charge in [0.25, 0.3) is 0 Å². The van der Waals surface area contributed by atoms with Crippen molar-refractivity contribution in [2.75, 3.05) is 27.2 Å². The van der Waals surface area contributed by atoms with Crippen LogP contribution in [-0.4, -0.2) is 67.8 Å². The van der Waals surface area contributed by atoms with E-state index in [1.807, 2.05) is 21.8 Å². The van der Waals surface area contributed by atoms with Crippen LogP contribution in [0.25, 0.3) is 0 Å². The molecule has 1 aliphatic rings. The Hall–Kier alpha value is -1.73. The number of aromatic nitrogens is 5. The van der Waals surface area contributed by atoms with Crippen molar-refractivity contribution in [1.29, 1.82) is 0 Å². The van der Waals surface area contributed by atoms with Gasteiger partial charge < -0.3 is 4.90 Å². The molecule has 2 atom stereocenters. The summed E-state index contributed by atoms with van der Waals surface area (Å²) < 4.78 is 3.96. The molecule has 0 N–H and O–H groups in total. The van der Waals surface area contributed by atoms with Gasteiger partial charge in [-0.15, -0.1) is 5.10 Å². The Kier molecular flexibility index (Phi) is 4.03. The zero-order valence-corrected chi connectivity index (χ0v) is 12.9. The highest BCUT2D eigenvalue weighted by Crippen LogP contribution is 2.25. The zero-order chi connectivity index (χ0) is 14.8. The summed E-state index contributed by atoms with van der Waals surface area (Å²) in [5.74, 6) is 0. The summed E-state index contributed by atoms with van der Waals surface area (Å²) in [5.41, 5.74) is 1.27. The molecular formula is C14H23N7. The molecule has 0 unspecified atom stereocenters. The van der Waals surface area contributed by atoms with Crippen LogP contribution in [0.4, 0.5) is 0 Å². The quantitative estimate of drug-likeness (QED) is 0.801. The predicted molar refractivity (Wildman–Crippen MR) is 79.7 cm³/mol. The molecule has 7 nitrogen and oxygen atoms in total. The molecule has 21 heavy (non-hydrogen) atoms. The minimum Gasteiger partial charge on any atom is -0.303 e. The lowest BCUT2D eigenvalue weighted by Crippen LogP contribution is -2.36. The molecule has 0 radical (unpaired) electrons. The number of hydrogen-bond acceptors (Lipinski definition) is 5. The van der Waals surface area contributed by atoms with Crippen LogP contribution in [0.5, 0.6) is 0 Å². The average Bonchev–Trinajstić information content (AvgIpc) is 3.18. The number of likely N-dealkylation sites (N-methyl/N-ethyl adjacent to an activating group) is 1. The fourth-order valence-electron chi connectivity index (χ4n) is 3.06. The number of nitrogens with zero attached hydrogens (tertiary/aromatic N) is 7. The fourth-order valence-corrected chi connectivity index (χ4v) is 3.06. The highest BCUT2D eigenvalue weighted by atomic mass is 15.5. The van der Waals surface area contributed by atoms with Crippen LogP contribution in [-0.2, 0) is 13.1 Å². The smallest absolute Gasteiger partial charge is 0.0831 e. The normalized spacial score (nSPS) is 23.2. The Balaban J connectivity index is 1.70. The Bertz CT molecular complexity index is 560. The summed E-state index contributed by atoms with van der Waals surface area (Å²) in [6.45, 7) is 5.99. The van der Waals surface area contributed by atoms with E-state index in [0.29, 0.717) is 12.1 Å². The van der Waals surface area contributed by atoms with Crippen molar-refractivity contribution in [3.63, 3.8) is 0 Å². The van der Waals surface area contributed by atoms with E-state index in [4.69, 9.17) is 0 Å². The average molecular weight is 289 g/mol. The summed E-state index contributed by atoms with van der Waals surface area (Å²) in [6.07, 6.45) is 7.81. The molecule has 0 amide bonds. The van der Waals surface area contributed by atoms with Crippen molar-refractivity contribution < 1.29 is 0 Å². The molecule has 7 heteroatoms. The van der Waals surface area contributed by atoms with E-state index < -0.39 is 0 Å². The summed E-state index contributed by atoms with van der Waals surface area (Å²) in [5, 5.41) is 12.5. The third-order valence-electron chi connectivity index (χ3n) is 4.20. The maximum Gasteiger partial charge on any atom is 0.0831 e. The van der Waals surface area contributed by atoms with Gasteiger partial charge in [-0.1, -0.05) is 5.21 Å². The molecule has 0 aromatic carbocycles. The van der Waals surface area contributed by atoms with E-state index in [9.17, 15) is 0 Å². The number of likely N-dealkylation sites (tertiary alicyclic amines) is 1. The molecule has 0 saturated carbocycles. The molecule has 2 aromatic heterocycles. The topological polar surface area (TPSA) is 55.0 Å². The van der Waals surface area contributed by atoms with Crippen LogP contribution in [0, 0.1) is 0 Å². The van der Waals surface area contributed by atoms with Crippen LogP contribution in [0.2, 0.25) is 0 Å². The second kappa shape index (κ2) is 5.95. The first kappa shape index (κ1) is 14.2. The lowest BCUT2D eigenvalue weighted by atomic mass is 10.1. The Morgan fingerprint density at radius 3 is 2.81 bits per heavy atom. The van der Waals surface area contributed by atoms with Crippen molar-refractivity contribution in [3.05, 3.63) is 30.4 Å². The second-order valence-electron chi connectivity index (χ2n) is 5.88. The van der Waals surface area contributed by atoms with E-state index >= 15 is 0 Å².